The Morgan fingerprint density at radius 3 is 2.19 bits per heavy atom. The van der Waals surface area contributed by atoms with Crippen LogP contribution in [0.2, 0.25) is 0 Å². The van der Waals surface area contributed by atoms with Crippen LogP contribution in [0.1, 0.15) is 47.9 Å². The van der Waals surface area contributed by atoms with E-state index in [1.54, 1.807) is 13.0 Å². The number of hydrogen-bond donors (Lipinski definition) is 0. The Morgan fingerprint density at radius 2 is 1.51 bits per heavy atom. The van der Waals surface area contributed by atoms with Gasteiger partial charge in [0.15, 0.2) is 6.61 Å². The van der Waals surface area contributed by atoms with Gasteiger partial charge in [-0.2, -0.15) is 0 Å². The summed E-state index contributed by atoms with van der Waals surface area (Å²) in [6.07, 6.45) is 4.68. The van der Waals surface area contributed by atoms with Gasteiger partial charge in [-0.3, -0.25) is 4.79 Å². The molecule has 4 aromatic rings. The van der Waals surface area contributed by atoms with Crippen LogP contribution < -0.4 is 10.3 Å². The molecule has 190 valence electrons. The van der Waals surface area contributed by atoms with Crippen LogP contribution in [0.3, 0.4) is 0 Å². The predicted octanol–water partition coefficient (Wildman–Crippen LogP) is 5.99. The number of benzene rings is 3. The van der Waals surface area contributed by atoms with Crippen molar-refractivity contribution in [1.29, 1.82) is 0 Å². The van der Waals surface area contributed by atoms with Crippen molar-refractivity contribution in [3.05, 3.63) is 136 Å². The first kappa shape index (κ1) is 26.0. The van der Waals surface area contributed by atoms with Gasteiger partial charge in [-0.1, -0.05) is 78.9 Å². The first-order valence-electron chi connectivity index (χ1n) is 12.8. The second kappa shape index (κ2) is 13.3. The molecule has 0 fully saturated rings. The van der Waals surface area contributed by atoms with Crippen molar-refractivity contribution in [1.82, 2.24) is 4.57 Å². The maximum atomic E-state index is 12.7. The normalized spacial score (nSPS) is 10.9. The van der Waals surface area contributed by atoms with E-state index in [1.807, 2.05) is 53.2 Å². The summed E-state index contributed by atoms with van der Waals surface area (Å²) < 4.78 is 12.3. The molecule has 37 heavy (non-hydrogen) atoms. The minimum absolute atomic E-state index is 0.0120. The van der Waals surface area contributed by atoms with Crippen LogP contribution >= 0.6 is 0 Å². The molecule has 0 amide bonds. The minimum Gasteiger partial charge on any atom is -0.482 e. The van der Waals surface area contributed by atoms with Gasteiger partial charge < -0.3 is 14.0 Å². The molecule has 0 saturated heterocycles. The molecule has 1 aromatic heterocycles. The fourth-order valence-corrected chi connectivity index (χ4v) is 4.51. The smallest absolute Gasteiger partial charge is 0.344 e. The van der Waals surface area contributed by atoms with Gasteiger partial charge in [0, 0.05) is 24.7 Å². The molecule has 0 aliphatic rings. The van der Waals surface area contributed by atoms with Crippen molar-refractivity contribution in [2.75, 3.05) is 13.2 Å². The lowest BCUT2D eigenvalue weighted by molar-refractivity contribution is -0.145. The average Bonchev–Trinajstić information content (AvgIpc) is 2.93. The summed E-state index contributed by atoms with van der Waals surface area (Å²) in [7, 11) is 0. The van der Waals surface area contributed by atoms with Crippen molar-refractivity contribution in [2.24, 2.45) is 0 Å². The molecule has 5 heteroatoms. The summed E-state index contributed by atoms with van der Waals surface area (Å²) in [5.41, 5.74) is 4.64. The zero-order valence-corrected chi connectivity index (χ0v) is 21.2. The maximum Gasteiger partial charge on any atom is 0.344 e. The van der Waals surface area contributed by atoms with Gasteiger partial charge in [-0.15, -0.1) is 0 Å². The van der Waals surface area contributed by atoms with Crippen LogP contribution in [0.15, 0.2) is 108 Å². The van der Waals surface area contributed by atoms with Gasteiger partial charge in [0.05, 0.1) is 6.61 Å². The van der Waals surface area contributed by atoms with E-state index in [4.69, 9.17) is 9.47 Å². The van der Waals surface area contributed by atoms with E-state index in [1.165, 1.54) is 11.1 Å². The zero-order chi connectivity index (χ0) is 25.9. The van der Waals surface area contributed by atoms with Crippen LogP contribution in [0.25, 0.3) is 0 Å². The Kier molecular flexibility index (Phi) is 9.30. The number of aryl methyl sites for hydroxylation is 2. The molecule has 0 aliphatic heterocycles. The average molecular weight is 496 g/mol. The molecular formula is C32H33NO4. The third-order valence-electron chi connectivity index (χ3n) is 6.28. The van der Waals surface area contributed by atoms with Gasteiger partial charge in [0.25, 0.3) is 5.56 Å². The van der Waals surface area contributed by atoms with Gasteiger partial charge in [-0.05, 0) is 60.6 Å². The fourth-order valence-electron chi connectivity index (χ4n) is 4.51. The summed E-state index contributed by atoms with van der Waals surface area (Å²) in [6, 6.07) is 32.2. The number of carbonyl (C=O) groups excluding carboxylic acids is 1. The van der Waals surface area contributed by atoms with Crippen LogP contribution in [0.4, 0.5) is 0 Å². The Hall–Kier alpha value is -4.12. The highest BCUT2D eigenvalue weighted by molar-refractivity contribution is 5.71. The molecule has 0 unspecified atom stereocenters. The number of aromatic nitrogens is 1. The SMILES string of the molecule is CCOC(=O)COc1cccc(CCCCn2cc(C(c3ccccc3)c3ccccc3)ccc2=O)c1. The number of hydrogen-bond acceptors (Lipinski definition) is 4. The molecule has 0 aliphatic carbocycles. The second-order valence-corrected chi connectivity index (χ2v) is 8.95. The zero-order valence-electron chi connectivity index (χ0n) is 21.2. The number of rotatable bonds is 12. The van der Waals surface area contributed by atoms with Crippen molar-refractivity contribution in [3.8, 4) is 5.75 Å². The highest BCUT2D eigenvalue weighted by Gasteiger charge is 2.17. The van der Waals surface area contributed by atoms with Crippen molar-refractivity contribution in [3.63, 3.8) is 0 Å². The highest BCUT2D eigenvalue weighted by atomic mass is 16.6. The molecule has 0 bridgehead atoms. The molecule has 5 nitrogen and oxygen atoms in total. The van der Waals surface area contributed by atoms with Crippen LogP contribution in [0.5, 0.6) is 5.75 Å². The first-order valence-corrected chi connectivity index (χ1v) is 12.8. The van der Waals surface area contributed by atoms with E-state index in [-0.39, 0.29) is 24.1 Å². The predicted molar refractivity (Wildman–Crippen MR) is 146 cm³/mol. The summed E-state index contributed by atoms with van der Waals surface area (Å²) in [6.45, 7) is 2.67. The fraction of sp³-hybridized carbons (Fsp3) is 0.250. The highest BCUT2D eigenvalue weighted by Crippen LogP contribution is 2.31. The third kappa shape index (κ3) is 7.43. The van der Waals surface area contributed by atoms with E-state index in [9.17, 15) is 9.59 Å². The van der Waals surface area contributed by atoms with Crippen molar-refractivity contribution >= 4 is 5.97 Å². The molecule has 0 radical (unpaired) electrons. The van der Waals surface area contributed by atoms with Crippen molar-refractivity contribution in [2.45, 2.75) is 38.6 Å². The Labute approximate surface area is 218 Å². The van der Waals surface area contributed by atoms with Gasteiger partial charge in [0.1, 0.15) is 5.75 Å². The number of unbranched alkanes of at least 4 members (excludes halogenated alkanes) is 1. The topological polar surface area (TPSA) is 57.5 Å². The van der Waals surface area contributed by atoms with E-state index in [0.717, 1.165) is 30.4 Å². The van der Waals surface area contributed by atoms with Gasteiger partial charge in [0.2, 0.25) is 0 Å². The quantitative estimate of drug-likeness (QED) is 0.179. The third-order valence-corrected chi connectivity index (χ3v) is 6.28. The molecule has 3 aromatic carbocycles. The van der Waals surface area contributed by atoms with Crippen LogP contribution in [0, 0.1) is 0 Å². The Bertz CT molecular complexity index is 1290. The molecule has 4 rings (SSSR count). The summed E-state index contributed by atoms with van der Waals surface area (Å²) in [4.78, 5) is 24.2. The minimum atomic E-state index is -0.373. The number of carbonyl (C=O) groups is 1. The van der Waals surface area contributed by atoms with Crippen LogP contribution in [-0.4, -0.2) is 23.8 Å². The Morgan fingerprint density at radius 1 is 0.811 bits per heavy atom. The van der Waals surface area contributed by atoms with Gasteiger partial charge >= 0.3 is 5.97 Å². The molecule has 0 N–H and O–H groups in total. The number of nitrogens with zero attached hydrogens (tertiary/aromatic N) is 1. The molecule has 1 heterocycles. The monoisotopic (exact) mass is 495 g/mol. The standard InChI is InChI=1S/C32H33NO4/c1-2-36-31(35)24-37-29-18-11-13-25(22-29)12-9-10-21-33-23-28(19-20-30(33)34)32(26-14-5-3-6-15-26)27-16-7-4-8-17-27/h3-8,11,13-20,22-23,32H,2,9-10,12,21,24H2,1H3. The number of ether oxygens (including phenoxy) is 2. The second-order valence-electron chi connectivity index (χ2n) is 8.95. The Balaban J connectivity index is 1.40. The van der Waals surface area contributed by atoms with Gasteiger partial charge in [-0.25, -0.2) is 4.79 Å². The number of pyridine rings is 1. The molecule has 0 saturated carbocycles. The van der Waals surface area contributed by atoms with Crippen molar-refractivity contribution < 1.29 is 14.3 Å². The lowest BCUT2D eigenvalue weighted by atomic mass is 9.86. The molecular weight excluding hydrogens is 462 g/mol. The largest absolute Gasteiger partial charge is 0.482 e. The van der Waals surface area contributed by atoms with E-state index in [2.05, 4.69) is 48.5 Å². The summed E-state index contributed by atoms with van der Waals surface area (Å²) in [5.74, 6) is 0.344. The maximum absolute atomic E-state index is 12.7. The molecule has 0 spiro atoms. The summed E-state index contributed by atoms with van der Waals surface area (Å²) in [5, 5.41) is 0. The lowest BCUT2D eigenvalue weighted by Gasteiger charge is -2.20. The summed E-state index contributed by atoms with van der Waals surface area (Å²) >= 11 is 0. The van der Waals surface area contributed by atoms with E-state index < -0.39 is 0 Å². The van der Waals surface area contributed by atoms with E-state index >= 15 is 0 Å². The number of esters is 1. The lowest BCUT2D eigenvalue weighted by Crippen LogP contribution is -2.20. The first-order chi connectivity index (χ1) is 18.1. The molecule has 0 atom stereocenters. The van der Waals surface area contributed by atoms with Crippen LogP contribution in [-0.2, 0) is 22.5 Å². The van der Waals surface area contributed by atoms with E-state index in [0.29, 0.717) is 18.9 Å².